The summed E-state index contributed by atoms with van der Waals surface area (Å²) in [6, 6.07) is 4.08. The number of nitrogens with two attached hydrogens (primary N) is 1. The Hall–Kier alpha value is -1.18. The van der Waals surface area contributed by atoms with Crippen LogP contribution in [-0.2, 0) is 10.8 Å². The van der Waals surface area contributed by atoms with Crippen molar-refractivity contribution in [1.29, 1.82) is 0 Å². The molecular weight excluding hydrogens is 222 g/mol. The lowest BCUT2D eigenvalue weighted by atomic mass is 9.79. The summed E-state index contributed by atoms with van der Waals surface area (Å²) in [5.74, 6) is 1.01. The molecule has 0 atom stereocenters. The molecule has 2 N–H and O–H groups in total. The fourth-order valence-corrected chi connectivity index (χ4v) is 2.07. The van der Waals surface area contributed by atoms with E-state index in [-0.39, 0.29) is 10.8 Å². The van der Waals surface area contributed by atoms with E-state index in [9.17, 15) is 0 Å². The van der Waals surface area contributed by atoms with E-state index < -0.39 is 0 Å². The molecule has 0 amide bonds. The Morgan fingerprint density at radius 3 is 1.61 bits per heavy atom. The van der Waals surface area contributed by atoms with Crippen molar-refractivity contribution in [3.63, 3.8) is 0 Å². The Bertz CT molecular complexity index is 387. The first kappa shape index (κ1) is 14.9. The molecule has 1 aromatic carbocycles. The van der Waals surface area contributed by atoms with Gasteiger partial charge in [-0.2, -0.15) is 0 Å². The number of hydrogen-bond donors (Lipinski definition) is 1. The Balaban J connectivity index is 3.56. The summed E-state index contributed by atoms with van der Waals surface area (Å²) >= 11 is 0. The van der Waals surface area contributed by atoms with Crippen LogP contribution in [0.15, 0.2) is 12.1 Å². The Labute approximate surface area is 112 Å². The van der Waals surface area contributed by atoms with E-state index in [1.165, 1.54) is 11.1 Å². The van der Waals surface area contributed by atoms with Gasteiger partial charge in [-0.05, 0) is 29.9 Å². The summed E-state index contributed by atoms with van der Waals surface area (Å²) in [6.07, 6.45) is 0. The molecule has 0 saturated carbocycles. The minimum absolute atomic E-state index is 0.0277. The fraction of sp³-hybridized carbons (Fsp3) is 0.625. The molecule has 18 heavy (non-hydrogen) atoms. The molecule has 0 aliphatic heterocycles. The van der Waals surface area contributed by atoms with Crippen molar-refractivity contribution < 1.29 is 4.74 Å². The first-order chi connectivity index (χ1) is 8.07. The minimum Gasteiger partial charge on any atom is -0.493 e. The average Bonchev–Trinajstić information content (AvgIpc) is 2.17. The van der Waals surface area contributed by atoms with E-state index in [4.69, 9.17) is 10.5 Å². The van der Waals surface area contributed by atoms with E-state index in [0.717, 1.165) is 11.4 Å². The molecule has 0 aliphatic rings. The van der Waals surface area contributed by atoms with Gasteiger partial charge in [0.05, 0.1) is 6.61 Å². The Morgan fingerprint density at radius 2 is 1.33 bits per heavy atom. The SMILES string of the molecule is CCOc1c(C(C)(C)C)cc(N)cc1C(C)(C)C. The highest BCUT2D eigenvalue weighted by atomic mass is 16.5. The number of hydrogen-bond acceptors (Lipinski definition) is 2. The van der Waals surface area contributed by atoms with Gasteiger partial charge in [0.2, 0.25) is 0 Å². The maximum absolute atomic E-state index is 6.06. The molecule has 0 unspecified atom stereocenters. The van der Waals surface area contributed by atoms with Crippen LogP contribution in [0, 0.1) is 0 Å². The first-order valence-corrected chi connectivity index (χ1v) is 6.64. The maximum atomic E-state index is 6.06. The number of ether oxygens (including phenoxy) is 1. The van der Waals surface area contributed by atoms with E-state index in [1.54, 1.807) is 0 Å². The van der Waals surface area contributed by atoms with Gasteiger partial charge in [-0.3, -0.25) is 0 Å². The van der Waals surface area contributed by atoms with Gasteiger partial charge < -0.3 is 10.5 Å². The average molecular weight is 249 g/mol. The molecule has 0 spiro atoms. The van der Waals surface area contributed by atoms with Gasteiger partial charge in [0.25, 0.3) is 0 Å². The van der Waals surface area contributed by atoms with Gasteiger partial charge in [-0.1, -0.05) is 41.5 Å². The van der Waals surface area contributed by atoms with Crippen molar-refractivity contribution in [3.05, 3.63) is 23.3 Å². The van der Waals surface area contributed by atoms with Crippen molar-refractivity contribution in [2.45, 2.75) is 59.3 Å². The predicted octanol–water partition coefficient (Wildman–Crippen LogP) is 4.26. The van der Waals surface area contributed by atoms with Gasteiger partial charge in [-0.25, -0.2) is 0 Å². The van der Waals surface area contributed by atoms with Crippen LogP contribution in [0.1, 0.15) is 59.6 Å². The monoisotopic (exact) mass is 249 g/mol. The summed E-state index contributed by atoms with van der Waals surface area (Å²) < 4.78 is 5.92. The Kier molecular flexibility index (Phi) is 3.99. The van der Waals surface area contributed by atoms with E-state index in [2.05, 4.69) is 41.5 Å². The third-order valence-electron chi connectivity index (χ3n) is 3.02. The molecule has 0 aromatic heterocycles. The minimum atomic E-state index is 0.0277. The normalized spacial score (nSPS) is 12.6. The molecule has 1 aromatic rings. The molecule has 0 saturated heterocycles. The first-order valence-electron chi connectivity index (χ1n) is 6.64. The van der Waals surface area contributed by atoms with Crippen molar-refractivity contribution in [2.75, 3.05) is 12.3 Å². The zero-order chi connectivity index (χ0) is 14.1. The van der Waals surface area contributed by atoms with E-state index in [0.29, 0.717) is 6.61 Å². The summed E-state index contributed by atoms with van der Waals surface area (Å²) in [5.41, 5.74) is 9.31. The topological polar surface area (TPSA) is 35.2 Å². The van der Waals surface area contributed by atoms with Crippen LogP contribution < -0.4 is 10.5 Å². The number of nitrogen functional groups attached to an aromatic ring is 1. The lowest BCUT2D eigenvalue weighted by Crippen LogP contribution is -2.20. The van der Waals surface area contributed by atoms with Crippen LogP contribution >= 0.6 is 0 Å². The standard InChI is InChI=1S/C16H27NO/c1-8-18-14-12(15(2,3)4)9-11(17)10-13(14)16(5,6)7/h9-10H,8,17H2,1-7H3. The second-order valence-corrected chi connectivity index (χ2v) is 6.88. The highest BCUT2D eigenvalue weighted by Crippen LogP contribution is 2.41. The second-order valence-electron chi connectivity index (χ2n) is 6.88. The third-order valence-corrected chi connectivity index (χ3v) is 3.02. The smallest absolute Gasteiger partial charge is 0.126 e. The van der Waals surface area contributed by atoms with Crippen molar-refractivity contribution >= 4 is 5.69 Å². The molecule has 0 aliphatic carbocycles. The van der Waals surface area contributed by atoms with Gasteiger partial charge in [0.15, 0.2) is 0 Å². The second kappa shape index (κ2) is 4.83. The highest BCUT2D eigenvalue weighted by Gasteiger charge is 2.27. The highest BCUT2D eigenvalue weighted by molar-refractivity contribution is 5.57. The predicted molar refractivity (Wildman–Crippen MR) is 79.4 cm³/mol. The molecule has 0 heterocycles. The summed E-state index contributed by atoms with van der Waals surface area (Å²) in [4.78, 5) is 0. The fourth-order valence-electron chi connectivity index (χ4n) is 2.07. The van der Waals surface area contributed by atoms with E-state index >= 15 is 0 Å². The van der Waals surface area contributed by atoms with Crippen LogP contribution in [-0.4, -0.2) is 6.61 Å². The maximum Gasteiger partial charge on any atom is 0.126 e. The van der Waals surface area contributed by atoms with Gasteiger partial charge in [0, 0.05) is 16.8 Å². The lowest BCUT2D eigenvalue weighted by molar-refractivity contribution is 0.319. The van der Waals surface area contributed by atoms with Crippen molar-refractivity contribution in [2.24, 2.45) is 0 Å². The van der Waals surface area contributed by atoms with Crippen LogP contribution in [0.3, 0.4) is 0 Å². The third kappa shape index (κ3) is 3.18. The number of anilines is 1. The molecule has 0 radical (unpaired) electrons. The molecular formula is C16H27NO. The molecule has 0 bridgehead atoms. The van der Waals surface area contributed by atoms with Gasteiger partial charge in [-0.15, -0.1) is 0 Å². The van der Waals surface area contributed by atoms with Crippen LogP contribution in [0.5, 0.6) is 5.75 Å². The Morgan fingerprint density at radius 1 is 0.944 bits per heavy atom. The zero-order valence-electron chi connectivity index (χ0n) is 12.8. The number of benzene rings is 1. The van der Waals surface area contributed by atoms with Crippen molar-refractivity contribution in [3.8, 4) is 5.75 Å². The lowest BCUT2D eigenvalue weighted by Gasteiger charge is -2.30. The molecule has 2 heteroatoms. The zero-order valence-corrected chi connectivity index (χ0v) is 12.8. The number of rotatable bonds is 2. The molecule has 102 valence electrons. The van der Waals surface area contributed by atoms with Crippen molar-refractivity contribution in [1.82, 2.24) is 0 Å². The van der Waals surface area contributed by atoms with Crippen LogP contribution in [0.4, 0.5) is 5.69 Å². The molecule has 1 rings (SSSR count). The molecule has 2 nitrogen and oxygen atoms in total. The van der Waals surface area contributed by atoms with Gasteiger partial charge in [0.1, 0.15) is 5.75 Å². The largest absolute Gasteiger partial charge is 0.493 e. The van der Waals surface area contributed by atoms with Crippen LogP contribution in [0.2, 0.25) is 0 Å². The van der Waals surface area contributed by atoms with Gasteiger partial charge >= 0.3 is 0 Å². The summed E-state index contributed by atoms with van der Waals surface area (Å²) in [5, 5.41) is 0. The van der Waals surface area contributed by atoms with Crippen LogP contribution in [0.25, 0.3) is 0 Å². The molecule has 0 fully saturated rings. The van der Waals surface area contributed by atoms with E-state index in [1.807, 2.05) is 19.1 Å². The summed E-state index contributed by atoms with van der Waals surface area (Å²) in [6.45, 7) is 15.8. The quantitative estimate of drug-likeness (QED) is 0.795. The summed E-state index contributed by atoms with van der Waals surface area (Å²) in [7, 11) is 0.